The SMILES string of the molecule is CCN(CC)CCSCC(=O)NCCC1CCNC1.Cl.Cl. The molecule has 1 saturated heterocycles. The van der Waals surface area contributed by atoms with Crippen LogP contribution in [-0.2, 0) is 4.79 Å². The molecule has 2 N–H and O–H groups in total. The van der Waals surface area contributed by atoms with Crippen molar-refractivity contribution in [3.63, 3.8) is 0 Å². The lowest BCUT2D eigenvalue weighted by Crippen LogP contribution is -2.29. The first-order valence-corrected chi connectivity index (χ1v) is 8.69. The Morgan fingerprint density at radius 2 is 2.05 bits per heavy atom. The van der Waals surface area contributed by atoms with Gasteiger partial charge in [-0.3, -0.25) is 4.79 Å². The van der Waals surface area contributed by atoms with Gasteiger partial charge in [-0.15, -0.1) is 24.8 Å². The maximum atomic E-state index is 11.6. The summed E-state index contributed by atoms with van der Waals surface area (Å²) in [5.41, 5.74) is 0. The first-order chi connectivity index (χ1) is 9.26. The highest BCUT2D eigenvalue weighted by Gasteiger charge is 2.13. The molecule has 0 aromatic carbocycles. The van der Waals surface area contributed by atoms with E-state index in [0.29, 0.717) is 5.75 Å². The van der Waals surface area contributed by atoms with E-state index in [1.165, 1.54) is 6.42 Å². The van der Waals surface area contributed by atoms with Crippen LogP contribution >= 0.6 is 36.6 Å². The summed E-state index contributed by atoms with van der Waals surface area (Å²) >= 11 is 1.74. The summed E-state index contributed by atoms with van der Waals surface area (Å²) in [5.74, 6) is 2.59. The van der Waals surface area contributed by atoms with Crippen molar-refractivity contribution in [2.45, 2.75) is 26.7 Å². The molecule has 1 rings (SSSR count). The Morgan fingerprint density at radius 3 is 2.62 bits per heavy atom. The van der Waals surface area contributed by atoms with Crippen LogP contribution in [0, 0.1) is 5.92 Å². The maximum Gasteiger partial charge on any atom is 0.229 e. The largest absolute Gasteiger partial charge is 0.355 e. The van der Waals surface area contributed by atoms with Gasteiger partial charge in [-0.1, -0.05) is 13.8 Å². The molecule has 1 aliphatic heterocycles. The summed E-state index contributed by atoms with van der Waals surface area (Å²) < 4.78 is 0. The molecule has 0 aromatic rings. The summed E-state index contributed by atoms with van der Waals surface area (Å²) in [4.78, 5) is 14.0. The van der Waals surface area contributed by atoms with Crippen LogP contribution in [0.15, 0.2) is 0 Å². The van der Waals surface area contributed by atoms with Gasteiger partial charge in [0.1, 0.15) is 0 Å². The average molecular weight is 360 g/mol. The predicted molar refractivity (Wildman–Crippen MR) is 98.2 cm³/mol. The zero-order valence-corrected chi connectivity index (χ0v) is 15.7. The number of nitrogens with zero attached hydrogens (tertiary/aromatic N) is 1. The van der Waals surface area contributed by atoms with Crippen LogP contribution in [-0.4, -0.2) is 61.6 Å². The second kappa shape index (κ2) is 15.2. The zero-order chi connectivity index (χ0) is 13.9. The molecule has 7 heteroatoms. The van der Waals surface area contributed by atoms with E-state index in [2.05, 4.69) is 29.4 Å². The molecule has 0 aliphatic carbocycles. The number of hydrogen-bond donors (Lipinski definition) is 2. The maximum absolute atomic E-state index is 11.6. The predicted octanol–water partition coefficient (Wildman–Crippen LogP) is 2.02. The minimum atomic E-state index is 0. The highest BCUT2D eigenvalue weighted by Crippen LogP contribution is 2.10. The lowest BCUT2D eigenvalue weighted by atomic mass is 10.1. The fourth-order valence-electron chi connectivity index (χ4n) is 2.33. The molecule has 1 fully saturated rings. The van der Waals surface area contributed by atoms with Gasteiger partial charge in [0.2, 0.25) is 5.91 Å². The standard InChI is InChI=1S/C14H29N3OS.2ClH/c1-3-17(4-2)9-10-19-12-14(18)16-8-6-13-5-7-15-11-13;;/h13,15H,3-12H2,1-2H3,(H,16,18);2*1H. The Bertz CT molecular complexity index is 250. The minimum absolute atomic E-state index is 0. The summed E-state index contributed by atoms with van der Waals surface area (Å²) in [5, 5.41) is 6.38. The van der Waals surface area contributed by atoms with E-state index in [9.17, 15) is 4.79 Å². The van der Waals surface area contributed by atoms with Crippen LogP contribution in [0.3, 0.4) is 0 Å². The van der Waals surface area contributed by atoms with Crippen molar-refractivity contribution in [2.24, 2.45) is 5.92 Å². The Morgan fingerprint density at radius 1 is 1.33 bits per heavy atom. The molecular weight excluding hydrogens is 329 g/mol. The molecule has 1 atom stereocenters. The number of nitrogens with one attached hydrogen (secondary N) is 2. The van der Waals surface area contributed by atoms with Crippen molar-refractivity contribution in [2.75, 3.05) is 50.8 Å². The Kier molecular flexibility index (Phi) is 17.1. The van der Waals surface area contributed by atoms with Crippen molar-refractivity contribution < 1.29 is 4.79 Å². The summed E-state index contributed by atoms with van der Waals surface area (Å²) in [7, 11) is 0. The first-order valence-electron chi connectivity index (χ1n) is 7.53. The zero-order valence-electron chi connectivity index (χ0n) is 13.2. The van der Waals surface area contributed by atoms with Gasteiger partial charge in [0.15, 0.2) is 0 Å². The van der Waals surface area contributed by atoms with Gasteiger partial charge in [0.25, 0.3) is 0 Å². The fourth-order valence-corrected chi connectivity index (χ4v) is 3.15. The van der Waals surface area contributed by atoms with Gasteiger partial charge in [-0.2, -0.15) is 11.8 Å². The lowest BCUT2D eigenvalue weighted by molar-refractivity contribution is -0.118. The number of halogens is 2. The van der Waals surface area contributed by atoms with E-state index in [1.807, 2.05) is 0 Å². The highest BCUT2D eigenvalue weighted by molar-refractivity contribution is 7.99. The molecule has 128 valence electrons. The van der Waals surface area contributed by atoms with Gasteiger partial charge >= 0.3 is 0 Å². The Hall–Kier alpha value is 0.320. The number of rotatable bonds is 10. The van der Waals surface area contributed by atoms with E-state index in [4.69, 9.17) is 0 Å². The summed E-state index contributed by atoms with van der Waals surface area (Å²) in [6.07, 6.45) is 2.37. The van der Waals surface area contributed by atoms with Crippen molar-refractivity contribution in [1.29, 1.82) is 0 Å². The Balaban J connectivity index is 0. The number of amides is 1. The molecule has 0 spiro atoms. The van der Waals surface area contributed by atoms with Crippen LogP contribution in [0.5, 0.6) is 0 Å². The van der Waals surface area contributed by atoms with E-state index in [-0.39, 0.29) is 30.7 Å². The van der Waals surface area contributed by atoms with E-state index < -0.39 is 0 Å². The number of hydrogen-bond acceptors (Lipinski definition) is 4. The van der Waals surface area contributed by atoms with Crippen LogP contribution in [0.1, 0.15) is 26.7 Å². The Labute approximate surface area is 146 Å². The lowest BCUT2D eigenvalue weighted by Gasteiger charge is -2.17. The fraction of sp³-hybridized carbons (Fsp3) is 0.929. The van der Waals surface area contributed by atoms with Gasteiger partial charge < -0.3 is 15.5 Å². The van der Waals surface area contributed by atoms with Gasteiger partial charge in [-0.05, 0) is 44.9 Å². The first kappa shape index (κ1) is 23.6. The van der Waals surface area contributed by atoms with Crippen molar-refractivity contribution in [3.8, 4) is 0 Å². The molecule has 0 bridgehead atoms. The highest BCUT2D eigenvalue weighted by atomic mass is 35.5. The van der Waals surface area contributed by atoms with E-state index >= 15 is 0 Å². The number of carbonyl (C=O) groups excluding carboxylic acids is 1. The molecule has 21 heavy (non-hydrogen) atoms. The third kappa shape index (κ3) is 11.5. The van der Waals surface area contributed by atoms with Gasteiger partial charge in [0.05, 0.1) is 5.75 Å². The van der Waals surface area contributed by atoms with Crippen LogP contribution in [0.25, 0.3) is 0 Å². The second-order valence-corrected chi connectivity index (χ2v) is 6.18. The molecular formula is C14H31Cl2N3OS. The summed E-state index contributed by atoms with van der Waals surface area (Å²) in [6.45, 7) is 10.7. The minimum Gasteiger partial charge on any atom is -0.355 e. The molecule has 1 amide bonds. The molecule has 0 saturated carbocycles. The second-order valence-electron chi connectivity index (χ2n) is 5.08. The van der Waals surface area contributed by atoms with Crippen LogP contribution in [0.4, 0.5) is 0 Å². The van der Waals surface area contributed by atoms with E-state index in [0.717, 1.165) is 57.4 Å². The molecule has 1 heterocycles. The number of carbonyl (C=O) groups is 1. The molecule has 4 nitrogen and oxygen atoms in total. The monoisotopic (exact) mass is 359 g/mol. The van der Waals surface area contributed by atoms with Crippen molar-refractivity contribution in [3.05, 3.63) is 0 Å². The van der Waals surface area contributed by atoms with Gasteiger partial charge in [-0.25, -0.2) is 0 Å². The van der Waals surface area contributed by atoms with Gasteiger partial charge in [0, 0.05) is 18.8 Å². The molecule has 1 aliphatic rings. The molecule has 0 radical (unpaired) electrons. The molecule has 1 unspecified atom stereocenters. The smallest absolute Gasteiger partial charge is 0.229 e. The number of thioether (sulfide) groups is 1. The average Bonchev–Trinajstić information content (AvgIpc) is 2.92. The van der Waals surface area contributed by atoms with Crippen molar-refractivity contribution >= 4 is 42.5 Å². The molecule has 0 aromatic heterocycles. The normalized spacial score (nSPS) is 17.2. The third-order valence-corrected chi connectivity index (χ3v) is 4.65. The third-order valence-electron chi connectivity index (χ3n) is 3.72. The topological polar surface area (TPSA) is 44.4 Å². The quantitative estimate of drug-likeness (QED) is 0.585. The van der Waals surface area contributed by atoms with Crippen molar-refractivity contribution in [1.82, 2.24) is 15.5 Å². The summed E-state index contributed by atoms with van der Waals surface area (Å²) in [6, 6.07) is 0. The van der Waals surface area contributed by atoms with E-state index in [1.54, 1.807) is 11.8 Å². The van der Waals surface area contributed by atoms with Crippen LogP contribution < -0.4 is 10.6 Å². The van der Waals surface area contributed by atoms with Crippen LogP contribution in [0.2, 0.25) is 0 Å².